The molecule has 0 saturated heterocycles. The van der Waals surface area contributed by atoms with E-state index < -0.39 is 17.4 Å². The van der Waals surface area contributed by atoms with Gasteiger partial charge in [0.05, 0.1) is 11.8 Å². The number of likely N-dealkylation sites (N-methyl/N-ethyl adjacent to an activating group) is 1. The molecule has 0 aliphatic heterocycles. The summed E-state index contributed by atoms with van der Waals surface area (Å²) in [5.74, 6) is 1.52. The summed E-state index contributed by atoms with van der Waals surface area (Å²) >= 11 is 0. The number of carbonyl (C=O) groups excluding carboxylic acids is 2. The highest BCUT2D eigenvalue weighted by Crippen LogP contribution is 2.68. The zero-order valence-corrected chi connectivity index (χ0v) is 38.2. The Hall–Kier alpha value is -3.21. The molecule has 7 unspecified atom stereocenters. The number of ether oxygens (including phenoxy) is 1. The summed E-state index contributed by atoms with van der Waals surface area (Å²) in [6.45, 7) is 22.9. The zero-order valence-electron chi connectivity index (χ0n) is 38.2. The summed E-state index contributed by atoms with van der Waals surface area (Å²) in [5.41, 5.74) is 4.09. The van der Waals surface area contributed by atoms with Crippen LogP contribution in [0.5, 0.6) is 0 Å². The number of aliphatic carboxylic acids is 1. The average molecular weight is 799 g/mol. The van der Waals surface area contributed by atoms with Crippen molar-refractivity contribution in [1.29, 1.82) is 0 Å². The lowest BCUT2D eigenvalue weighted by atomic mass is 9.43. The van der Waals surface area contributed by atoms with Crippen LogP contribution in [-0.4, -0.2) is 72.5 Å². The van der Waals surface area contributed by atoms with Crippen LogP contribution in [0, 0.1) is 64.1 Å². The van der Waals surface area contributed by atoms with Crippen LogP contribution in [0.2, 0.25) is 0 Å². The molecule has 0 heterocycles. The molecule has 5 aliphatic carbocycles. The molecule has 58 heavy (non-hydrogen) atoms. The minimum absolute atomic E-state index is 0.0174. The topological polar surface area (TPSA) is 87.2 Å². The molecule has 7 atom stereocenters. The largest absolute Gasteiger partial charge is 0.481 e. The normalized spacial score (nSPS) is 29.8. The van der Waals surface area contributed by atoms with Crippen LogP contribution in [0.4, 0.5) is 0 Å². The molecule has 1 N–H and O–H groups in total. The fourth-order valence-electron chi connectivity index (χ4n) is 12.1. The number of carboxylic acid groups (broad SMARTS) is 1. The maximum Gasteiger partial charge on any atom is 0.309 e. The lowest BCUT2D eigenvalue weighted by Gasteiger charge is -2.61. The van der Waals surface area contributed by atoms with Gasteiger partial charge in [-0.15, -0.1) is 12.8 Å². The summed E-state index contributed by atoms with van der Waals surface area (Å²) in [7, 11) is 4.30. The second-order valence-electron chi connectivity index (χ2n) is 20.4. The fraction of sp³-hybridized carbons (Fsp3) is 0.706. The molecule has 0 radical (unpaired) electrons. The van der Waals surface area contributed by atoms with Crippen molar-refractivity contribution >= 4 is 17.7 Å². The van der Waals surface area contributed by atoms with E-state index in [1.807, 2.05) is 0 Å². The van der Waals surface area contributed by atoms with Crippen molar-refractivity contribution in [1.82, 2.24) is 9.80 Å². The number of Topliss-reactive ketones (excluding diaryl/α,β-unsaturated/α-hetero) is 1. The molecule has 1 aromatic rings. The first kappa shape index (κ1) is 47.5. The average Bonchev–Trinajstić information content (AvgIpc) is 3.47. The number of benzene rings is 1. The number of allylic oxidation sites excluding steroid dienone is 3. The Morgan fingerprint density at radius 2 is 1.60 bits per heavy atom. The fourth-order valence-corrected chi connectivity index (χ4v) is 12.1. The van der Waals surface area contributed by atoms with Gasteiger partial charge in [-0.1, -0.05) is 102 Å². The Bertz CT molecular complexity index is 1670. The molecular weight excluding hydrogens is 721 g/mol. The monoisotopic (exact) mass is 799 g/mol. The van der Waals surface area contributed by atoms with Crippen molar-refractivity contribution in [2.24, 2.45) is 51.2 Å². The molecular formula is C51H78N2O5. The number of carboxylic acids is 1. The maximum atomic E-state index is 14.1. The summed E-state index contributed by atoms with van der Waals surface area (Å²) in [5, 5.41) is 9.59. The highest BCUT2D eigenvalue weighted by Gasteiger charge is 2.61. The van der Waals surface area contributed by atoms with Crippen molar-refractivity contribution in [3.05, 3.63) is 58.7 Å². The first-order valence-corrected chi connectivity index (χ1v) is 22.5. The standard InChI is InChI=1S/C46H68N2O5.C3H8.C2H2/c1-30(2)40-36(49)27-46(23-24-48(26-25-47(8)9)29-31-13-11-10-12-14-31)22-19-32-33-16-18-37-44(5,6)38(53-39(50)28-43(3,4)42(51)52)20-21-45(37,7)35(33)17-15-34(32)41(40)46;1-3-2;1-2/h10-14,18,30,32-35,38H,15-17,19-29H2,1-9H3,(H,51,52);3H2,1-2H3;1-2H. The number of rotatable bonds is 13. The van der Waals surface area contributed by atoms with Crippen LogP contribution in [0.1, 0.15) is 139 Å². The van der Waals surface area contributed by atoms with E-state index in [9.17, 15) is 19.5 Å². The third-order valence-corrected chi connectivity index (χ3v) is 14.8. The van der Waals surface area contributed by atoms with Crippen molar-refractivity contribution in [3.8, 4) is 12.8 Å². The molecule has 322 valence electrons. The van der Waals surface area contributed by atoms with Crippen molar-refractivity contribution in [2.75, 3.05) is 33.7 Å². The third kappa shape index (κ3) is 9.87. The number of hydrogen-bond donors (Lipinski definition) is 1. The van der Waals surface area contributed by atoms with Gasteiger partial charge >= 0.3 is 11.9 Å². The van der Waals surface area contributed by atoms with Crippen LogP contribution < -0.4 is 0 Å². The second kappa shape index (κ2) is 19.4. The lowest BCUT2D eigenvalue weighted by Crippen LogP contribution is -2.55. The molecule has 0 aromatic heterocycles. The van der Waals surface area contributed by atoms with E-state index in [4.69, 9.17) is 4.74 Å². The molecule has 7 nitrogen and oxygen atoms in total. The Kier molecular flexibility index (Phi) is 15.9. The Morgan fingerprint density at radius 3 is 2.21 bits per heavy atom. The van der Waals surface area contributed by atoms with Crippen LogP contribution in [-0.2, 0) is 25.7 Å². The Balaban J connectivity index is 0.00000142. The molecule has 0 amide bonds. The van der Waals surface area contributed by atoms with Crippen molar-refractivity contribution in [3.63, 3.8) is 0 Å². The van der Waals surface area contributed by atoms with Gasteiger partial charge in [0.2, 0.25) is 0 Å². The molecule has 0 spiro atoms. The number of carbonyl (C=O) groups is 3. The van der Waals surface area contributed by atoms with E-state index >= 15 is 0 Å². The zero-order chi connectivity index (χ0) is 43.2. The van der Waals surface area contributed by atoms with Gasteiger partial charge in [-0.05, 0) is 132 Å². The summed E-state index contributed by atoms with van der Waals surface area (Å²) in [4.78, 5) is 43.7. The minimum Gasteiger partial charge on any atom is -0.481 e. The van der Waals surface area contributed by atoms with E-state index in [1.54, 1.807) is 19.4 Å². The highest BCUT2D eigenvalue weighted by molar-refractivity contribution is 6.00. The quantitative estimate of drug-likeness (QED) is 0.121. The first-order valence-electron chi connectivity index (χ1n) is 22.5. The SMILES string of the molecule is C#C.CC(C)C1=C2C3CCC4C(CC=C5C(C)(C)C(OC(=O)CC(C)(C)C(=O)O)CCC54C)C3CCC2(CCN(CCN(C)C)Cc2ccccc2)CC1=O.CCC. The molecule has 3 fully saturated rings. The third-order valence-electron chi connectivity index (χ3n) is 14.8. The van der Waals surface area contributed by atoms with E-state index in [1.165, 1.54) is 36.0 Å². The number of nitrogens with zero attached hydrogens (tertiary/aromatic N) is 2. The molecule has 1 aromatic carbocycles. The maximum absolute atomic E-state index is 14.1. The number of esters is 1. The van der Waals surface area contributed by atoms with Gasteiger partial charge in [-0.25, -0.2) is 0 Å². The first-order chi connectivity index (χ1) is 27.3. The Labute approximate surface area is 352 Å². The molecule has 5 aliphatic rings. The second-order valence-corrected chi connectivity index (χ2v) is 20.4. The minimum atomic E-state index is -1.15. The van der Waals surface area contributed by atoms with E-state index in [2.05, 4.69) is 122 Å². The predicted molar refractivity (Wildman–Crippen MR) is 237 cm³/mol. The molecule has 3 saturated carbocycles. The van der Waals surface area contributed by atoms with Gasteiger partial charge in [0, 0.05) is 36.9 Å². The number of hydrogen-bond acceptors (Lipinski definition) is 6. The molecule has 0 bridgehead atoms. The highest BCUT2D eigenvalue weighted by atomic mass is 16.5. The van der Waals surface area contributed by atoms with E-state index in [0.29, 0.717) is 35.9 Å². The van der Waals surface area contributed by atoms with Gasteiger partial charge in [-0.3, -0.25) is 19.3 Å². The van der Waals surface area contributed by atoms with Gasteiger partial charge in [-0.2, -0.15) is 0 Å². The summed E-state index contributed by atoms with van der Waals surface area (Å²) in [6.07, 6.45) is 20.6. The number of terminal acetylenes is 1. The van der Waals surface area contributed by atoms with Crippen molar-refractivity contribution in [2.45, 2.75) is 146 Å². The van der Waals surface area contributed by atoms with Crippen LogP contribution >= 0.6 is 0 Å². The van der Waals surface area contributed by atoms with Gasteiger partial charge in [0.25, 0.3) is 0 Å². The molecule has 6 rings (SSSR count). The van der Waals surface area contributed by atoms with E-state index in [-0.39, 0.29) is 34.7 Å². The number of fused-ring (bicyclic) bond motifs is 7. The van der Waals surface area contributed by atoms with Gasteiger partial charge < -0.3 is 14.7 Å². The van der Waals surface area contributed by atoms with Crippen LogP contribution in [0.25, 0.3) is 0 Å². The smallest absolute Gasteiger partial charge is 0.309 e. The summed E-state index contributed by atoms with van der Waals surface area (Å²) < 4.78 is 6.12. The van der Waals surface area contributed by atoms with Gasteiger partial charge in [0.1, 0.15) is 6.10 Å². The van der Waals surface area contributed by atoms with Crippen LogP contribution in [0.3, 0.4) is 0 Å². The van der Waals surface area contributed by atoms with Crippen molar-refractivity contribution < 1.29 is 24.2 Å². The predicted octanol–water partition coefficient (Wildman–Crippen LogP) is 10.6. The van der Waals surface area contributed by atoms with E-state index in [0.717, 1.165) is 64.7 Å². The summed E-state index contributed by atoms with van der Waals surface area (Å²) in [6, 6.07) is 10.8. The molecule has 7 heteroatoms. The number of ketones is 1. The van der Waals surface area contributed by atoms with Gasteiger partial charge in [0.15, 0.2) is 5.78 Å². The lowest BCUT2D eigenvalue weighted by molar-refractivity contribution is -0.166. The Morgan fingerprint density at radius 1 is 0.948 bits per heavy atom. The van der Waals surface area contributed by atoms with Crippen LogP contribution in [0.15, 0.2) is 53.1 Å².